The van der Waals surface area contributed by atoms with Crippen LogP contribution in [-0.2, 0) is 11.2 Å². The SMILES string of the molecule is CC(C)(Cc1ncnn2c(I)ccc12)C(N)=O. The van der Waals surface area contributed by atoms with Crippen LogP contribution in [-0.4, -0.2) is 20.5 Å². The maximum atomic E-state index is 11.3. The molecule has 0 saturated carbocycles. The molecule has 6 heteroatoms. The minimum atomic E-state index is -0.607. The number of primary amides is 1. The van der Waals surface area contributed by atoms with Gasteiger partial charge in [-0.1, -0.05) is 13.8 Å². The number of rotatable bonds is 3. The molecule has 90 valence electrons. The Morgan fingerprint density at radius 3 is 2.88 bits per heavy atom. The van der Waals surface area contributed by atoms with E-state index in [1.807, 2.05) is 26.0 Å². The minimum Gasteiger partial charge on any atom is -0.369 e. The van der Waals surface area contributed by atoms with Crippen LogP contribution in [0.15, 0.2) is 18.5 Å². The molecular weight excluding hydrogens is 331 g/mol. The molecule has 2 aromatic rings. The van der Waals surface area contributed by atoms with Crippen LogP contribution in [0.4, 0.5) is 0 Å². The smallest absolute Gasteiger partial charge is 0.223 e. The predicted octanol–water partition coefficient (Wildman–Crippen LogP) is 1.39. The Morgan fingerprint density at radius 1 is 1.53 bits per heavy atom. The number of carbonyl (C=O) groups excluding carboxylic acids is 1. The number of aromatic nitrogens is 3. The zero-order chi connectivity index (χ0) is 12.6. The van der Waals surface area contributed by atoms with E-state index in [-0.39, 0.29) is 5.91 Å². The molecule has 5 nitrogen and oxygen atoms in total. The summed E-state index contributed by atoms with van der Waals surface area (Å²) in [5.41, 5.74) is 6.53. The van der Waals surface area contributed by atoms with Crippen LogP contribution in [0.1, 0.15) is 19.5 Å². The van der Waals surface area contributed by atoms with E-state index in [4.69, 9.17) is 5.73 Å². The lowest BCUT2D eigenvalue weighted by molar-refractivity contribution is -0.125. The predicted molar refractivity (Wildman–Crippen MR) is 72.4 cm³/mol. The van der Waals surface area contributed by atoms with E-state index in [0.29, 0.717) is 6.42 Å². The van der Waals surface area contributed by atoms with Crippen molar-refractivity contribution in [1.29, 1.82) is 0 Å². The van der Waals surface area contributed by atoms with Gasteiger partial charge in [-0.2, -0.15) is 5.10 Å². The lowest BCUT2D eigenvalue weighted by atomic mass is 9.87. The number of nitrogens with two attached hydrogens (primary N) is 1. The summed E-state index contributed by atoms with van der Waals surface area (Å²) in [4.78, 5) is 15.6. The van der Waals surface area contributed by atoms with Gasteiger partial charge in [-0.3, -0.25) is 4.79 Å². The van der Waals surface area contributed by atoms with Gasteiger partial charge in [-0.25, -0.2) is 9.50 Å². The normalized spacial score (nSPS) is 11.9. The monoisotopic (exact) mass is 344 g/mol. The van der Waals surface area contributed by atoms with Crippen LogP contribution in [0.3, 0.4) is 0 Å². The number of hydrogen-bond acceptors (Lipinski definition) is 3. The Morgan fingerprint density at radius 2 is 2.24 bits per heavy atom. The highest BCUT2D eigenvalue weighted by molar-refractivity contribution is 14.1. The fourth-order valence-corrected chi connectivity index (χ4v) is 2.16. The van der Waals surface area contributed by atoms with Gasteiger partial charge in [0, 0.05) is 11.8 Å². The first-order valence-corrected chi connectivity index (χ1v) is 6.27. The topological polar surface area (TPSA) is 73.3 Å². The van der Waals surface area contributed by atoms with Crippen molar-refractivity contribution < 1.29 is 4.79 Å². The molecule has 2 aromatic heterocycles. The first-order chi connectivity index (χ1) is 7.92. The van der Waals surface area contributed by atoms with E-state index < -0.39 is 5.41 Å². The Hall–Kier alpha value is -1.18. The van der Waals surface area contributed by atoms with Gasteiger partial charge in [0.1, 0.15) is 10.0 Å². The maximum absolute atomic E-state index is 11.3. The van der Waals surface area contributed by atoms with Gasteiger partial charge in [0.05, 0.1) is 11.2 Å². The van der Waals surface area contributed by atoms with E-state index in [0.717, 1.165) is 14.9 Å². The van der Waals surface area contributed by atoms with Crippen LogP contribution in [0.5, 0.6) is 0 Å². The number of amides is 1. The van der Waals surface area contributed by atoms with Crippen molar-refractivity contribution in [2.45, 2.75) is 20.3 Å². The van der Waals surface area contributed by atoms with Crippen molar-refractivity contribution in [1.82, 2.24) is 14.6 Å². The highest BCUT2D eigenvalue weighted by Gasteiger charge is 2.27. The summed E-state index contributed by atoms with van der Waals surface area (Å²) < 4.78 is 2.82. The second-order valence-electron chi connectivity index (χ2n) is 4.58. The van der Waals surface area contributed by atoms with E-state index in [1.165, 1.54) is 6.33 Å². The van der Waals surface area contributed by atoms with Crippen molar-refractivity contribution >= 4 is 34.0 Å². The van der Waals surface area contributed by atoms with Gasteiger partial charge in [0.2, 0.25) is 5.91 Å². The van der Waals surface area contributed by atoms with Crippen LogP contribution in [0.25, 0.3) is 5.52 Å². The zero-order valence-corrected chi connectivity index (χ0v) is 11.8. The second kappa shape index (κ2) is 4.25. The molecule has 0 fully saturated rings. The van der Waals surface area contributed by atoms with E-state index in [2.05, 4.69) is 32.7 Å². The highest BCUT2D eigenvalue weighted by Crippen LogP contribution is 2.23. The van der Waals surface area contributed by atoms with Gasteiger partial charge in [-0.05, 0) is 34.7 Å². The average Bonchev–Trinajstić information content (AvgIpc) is 2.61. The Labute approximate surface area is 113 Å². The molecule has 1 amide bonds. The number of hydrogen-bond donors (Lipinski definition) is 1. The summed E-state index contributed by atoms with van der Waals surface area (Å²) in [6.07, 6.45) is 2.01. The lowest BCUT2D eigenvalue weighted by Gasteiger charge is -2.19. The molecular formula is C11H13IN4O. The summed E-state index contributed by atoms with van der Waals surface area (Å²) in [6.45, 7) is 3.64. The van der Waals surface area contributed by atoms with Gasteiger partial charge < -0.3 is 5.73 Å². The van der Waals surface area contributed by atoms with Crippen molar-refractivity contribution in [3.8, 4) is 0 Å². The molecule has 0 aliphatic carbocycles. The van der Waals surface area contributed by atoms with Crippen LogP contribution in [0.2, 0.25) is 0 Å². The third-order valence-electron chi connectivity index (χ3n) is 2.76. The average molecular weight is 344 g/mol. The Kier molecular flexibility index (Phi) is 3.07. The number of carbonyl (C=O) groups is 1. The van der Waals surface area contributed by atoms with E-state index >= 15 is 0 Å². The summed E-state index contributed by atoms with van der Waals surface area (Å²) in [7, 11) is 0. The van der Waals surface area contributed by atoms with Crippen molar-refractivity contribution in [3.05, 3.63) is 27.9 Å². The van der Waals surface area contributed by atoms with Crippen molar-refractivity contribution in [2.75, 3.05) is 0 Å². The molecule has 0 radical (unpaired) electrons. The quantitative estimate of drug-likeness (QED) is 0.856. The molecule has 0 atom stereocenters. The molecule has 0 aliphatic rings. The molecule has 17 heavy (non-hydrogen) atoms. The maximum Gasteiger partial charge on any atom is 0.223 e. The number of nitrogens with zero attached hydrogens (tertiary/aromatic N) is 3. The first kappa shape index (κ1) is 12.3. The standard InChI is InChI=1S/C11H13IN4O/c1-11(2,10(13)17)5-7-8-3-4-9(12)16(8)15-6-14-7/h3-4,6H,5H2,1-2H3,(H2,13,17). The second-order valence-corrected chi connectivity index (χ2v) is 5.69. The van der Waals surface area contributed by atoms with Crippen LogP contribution in [0, 0.1) is 9.12 Å². The summed E-state index contributed by atoms with van der Waals surface area (Å²) in [6, 6.07) is 3.92. The zero-order valence-electron chi connectivity index (χ0n) is 9.64. The molecule has 0 spiro atoms. The summed E-state index contributed by atoms with van der Waals surface area (Å²) in [5, 5.41) is 4.16. The molecule has 0 aromatic carbocycles. The molecule has 0 unspecified atom stereocenters. The van der Waals surface area contributed by atoms with Gasteiger partial charge in [0.15, 0.2) is 0 Å². The fraction of sp³-hybridized carbons (Fsp3) is 0.364. The van der Waals surface area contributed by atoms with Crippen LogP contribution >= 0.6 is 22.6 Å². The third kappa shape index (κ3) is 2.26. The molecule has 2 rings (SSSR count). The van der Waals surface area contributed by atoms with Gasteiger partial charge in [0.25, 0.3) is 0 Å². The number of fused-ring (bicyclic) bond motifs is 1. The van der Waals surface area contributed by atoms with Crippen LogP contribution < -0.4 is 5.73 Å². The van der Waals surface area contributed by atoms with Gasteiger partial charge >= 0.3 is 0 Å². The highest BCUT2D eigenvalue weighted by atomic mass is 127. The molecule has 0 aliphatic heterocycles. The molecule has 0 saturated heterocycles. The number of halogens is 1. The first-order valence-electron chi connectivity index (χ1n) is 5.19. The molecule has 0 bridgehead atoms. The van der Waals surface area contributed by atoms with E-state index in [9.17, 15) is 4.79 Å². The van der Waals surface area contributed by atoms with Crippen molar-refractivity contribution in [2.24, 2.45) is 11.1 Å². The molecule has 2 heterocycles. The summed E-state index contributed by atoms with van der Waals surface area (Å²) in [5.74, 6) is -0.324. The lowest BCUT2D eigenvalue weighted by Crippen LogP contribution is -2.33. The fourth-order valence-electron chi connectivity index (χ4n) is 1.59. The minimum absolute atomic E-state index is 0.324. The largest absolute Gasteiger partial charge is 0.369 e. The van der Waals surface area contributed by atoms with Crippen molar-refractivity contribution in [3.63, 3.8) is 0 Å². The van der Waals surface area contributed by atoms with Gasteiger partial charge in [-0.15, -0.1) is 0 Å². The molecule has 2 N–H and O–H groups in total. The Bertz CT molecular complexity index is 576. The Balaban J connectivity index is 2.46. The third-order valence-corrected chi connectivity index (χ3v) is 3.58. The van der Waals surface area contributed by atoms with E-state index in [1.54, 1.807) is 4.52 Å². The summed E-state index contributed by atoms with van der Waals surface area (Å²) >= 11 is 2.20.